The third-order valence-corrected chi connectivity index (χ3v) is 3.91. The summed E-state index contributed by atoms with van der Waals surface area (Å²) >= 11 is 1.57. The monoisotopic (exact) mass is 260 g/mol. The number of hydrogen-bond donors (Lipinski definition) is 2. The van der Waals surface area contributed by atoms with Crippen LogP contribution < -0.4 is 5.73 Å². The molecular formula is C11H20N2O3S. The van der Waals surface area contributed by atoms with Gasteiger partial charge < -0.3 is 15.7 Å². The number of carbonyl (C=O) groups is 2. The maximum absolute atomic E-state index is 12.0. The number of nitrogens with two attached hydrogens (primary N) is 1. The molecule has 1 aliphatic heterocycles. The van der Waals surface area contributed by atoms with Crippen molar-refractivity contribution in [2.45, 2.75) is 38.3 Å². The van der Waals surface area contributed by atoms with Crippen LogP contribution in [0.2, 0.25) is 0 Å². The molecule has 1 saturated heterocycles. The number of nitrogens with zero attached hydrogens (tertiary/aromatic N) is 1. The van der Waals surface area contributed by atoms with Gasteiger partial charge in [-0.1, -0.05) is 19.8 Å². The first-order valence-electron chi connectivity index (χ1n) is 5.94. The van der Waals surface area contributed by atoms with Crippen molar-refractivity contribution in [2.75, 3.05) is 18.1 Å². The van der Waals surface area contributed by atoms with Gasteiger partial charge in [0.15, 0.2) is 0 Å². The molecule has 0 spiro atoms. The summed E-state index contributed by atoms with van der Waals surface area (Å²) in [5, 5.41) is 9.07. The molecule has 3 N–H and O–H groups in total. The first-order chi connectivity index (χ1) is 8.07. The summed E-state index contributed by atoms with van der Waals surface area (Å²) in [4.78, 5) is 24.5. The van der Waals surface area contributed by atoms with Crippen molar-refractivity contribution in [3.05, 3.63) is 0 Å². The van der Waals surface area contributed by atoms with Crippen LogP contribution in [0.25, 0.3) is 0 Å². The molecule has 1 fully saturated rings. The van der Waals surface area contributed by atoms with Gasteiger partial charge in [0.05, 0.1) is 6.04 Å². The minimum Gasteiger partial charge on any atom is -0.480 e. The molecule has 6 heteroatoms. The highest BCUT2D eigenvalue weighted by atomic mass is 32.2. The normalized spacial score (nSPS) is 22.2. The van der Waals surface area contributed by atoms with Crippen molar-refractivity contribution in [1.29, 1.82) is 0 Å². The summed E-state index contributed by atoms with van der Waals surface area (Å²) < 4.78 is 0. The third-order valence-electron chi connectivity index (χ3n) is 2.88. The minimum absolute atomic E-state index is 0.217. The van der Waals surface area contributed by atoms with E-state index in [1.807, 2.05) is 6.92 Å². The molecule has 1 heterocycles. The van der Waals surface area contributed by atoms with Gasteiger partial charge >= 0.3 is 5.97 Å². The second-order valence-electron chi connectivity index (χ2n) is 4.21. The molecule has 1 unspecified atom stereocenters. The van der Waals surface area contributed by atoms with Gasteiger partial charge in [-0.25, -0.2) is 4.79 Å². The topological polar surface area (TPSA) is 83.6 Å². The van der Waals surface area contributed by atoms with E-state index in [0.29, 0.717) is 18.7 Å². The minimum atomic E-state index is -0.937. The highest BCUT2D eigenvalue weighted by Crippen LogP contribution is 2.18. The fourth-order valence-corrected chi connectivity index (χ4v) is 2.87. The van der Waals surface area contributed by atoms with Gasteiger partial charge in [0, 0.05) is 18.1 Å². The van der Waals surface area contributed by atoms with E-state index in [1.54, 1.807) is 11.8 Å². The molecule has 5 nitrogen and oxygen atoms in total. The Morgan fingerprint density at radius 1 is 1.59 bits per heavy atom. The van der Waals surface area contributed by atoms with Gasteiger partial charge in [0.2, 0.25) is 5.91 Å². The SMILES string of the molecule is CCCC[C@H](N)C(=O)N1CCSCC1C(=O)O. The van der Waals surface area contributed by atoms with Crippen LogP contribution in [0, 0.1) is 0 Å². The Morgan fingerprint density at radius 3 is 2.88 bits per heavy atom. The highest BCUT2D eigenvalue weighted by molar-refractivity contribution is 7.99. The Kier molecular flexibility index (Phi) is 5.77. The van der Waals surface area contributed by atoms with E-state index < -0.39 is 18.1 Å². The second-order valence-corrected chi connectivity index (χ2v) is 5.36. The van der Waals surface area contributed by atoms with E-state index >= 15 is 0 Å². The Labute approximate surface area is 106 Å². The predicted molar refractivity (Wildman–Crippen MR) is 68.0 cm³/mol. The van der Waals surface area contributed by atoms with E-state index in [9.17, 15) is 9.59 Å². The lowest BCUT2D eigenvalue weighted by molar-refractivity contribution is -0.149. The molecule has 1 aliphatic rings. The van der Waals surface area contributed by atoms with Crippen LogP contribution in [-0.2, 0) is 9.59 Å². The lowest BCUT2D eigenvalue weighted by Gasteiger charge is -2.34. The van der Waals surface area contributed by atoms with Crippen molar-refractivity contribution < 1.29 is 14.7 Å². The maximum Gasteiger partial charge on any atom is 0.327 e. The molecular weight excluding hydrogens is 240 g/mol. The number of hydrogen-bond acceptors (Lipinski definition) is 4. The van der Waals surface area contributed by atoms with E-state index in [2.05, 4.69) is 0 Å². The maximum atomic E-state index is 12.0. The second kappa shape index (κ2) is 6.86. The number of carboxylic acid groups (broad SMARTS) is 1. The standard InChI is InChI=1S/C11H20N2O3S/c1-2-3-4-8(12)10(14)13-5-6-17-7-9(13)11(15)16/h8-9H,2-7,12H2,1H3,(H,15,16)/t8-,9?/m0/s1. The van der Waals surface area contributed by atoms with Crippen LogP contribution in [-0.4, -0.2) is 52.0 Å². The molecule has 0 bridgehead atoms. The molecule has 0 radical (unpaired) electrons. The molecule has 1 rings (SSSR count). The third kappa shape index (κ3) is 3.89. The molecule has 2 atom stereocenters. The summed E-state index contributed by atoms with van der Waals surface area (Å²) in [6.45, 7) is 2.52. The summed E-state index contributed by atoms with van der Waals surface area (Å²) in [5.74, 6) is 0.0943. The molecule has 0 aromatic rings. The summed E-state index contributed by atoms with van der Waals surface area (Å²) in [7, 11) is 0. The molecule has 17 heavy (non-hydrogen) atoms. The molecule has 98 valence electrons. The van der Waals surface area contributed by atoms with Crippen molar-refractivity contribution in [1.82, 2.24) is 4.90 Å². The number of rotatable bonds is 5. The lowest BCUT2D eigenvalue weighted by Crippen LogP contribution is -2.55. The van der Waals surface area contributed by atoms with Crippen molar-refractivity contribution in [3.63, 3.8) is 0 Å². The lowest BCUT2D eigenvalue weighted by atomic mass is 10.1. The Balaban J connectivity index is 2.61. The van der Waals surface area contributed by atoms with E-state index in [4.69, 9.17) is 10.8 Å². The number of carbonyl (C=O) groups excluding carboxylic acids is 1. The summed E-state index contributed by atoms with van der Waals surface area (Å²) in [6.07, 6.45) is 2.51. The Bertz CT molecular complexity index is 286. The van der Waals surface area contributed by atoms with Crippen LogP contribution in [0.1, 0.15) is 26.2 Å². The van der Waals surface area contributed by atoms with Crippen LogP contribution in [0.5, 0.6) is 0 Å². The zero-order valence-corrected chi connectivity index (χ0v) is 10.9. The van der Waals surface area contributed by atoms with Crippen LogP contribution in [0.15, 0.2) is 0 Å². The van der Waals surface area contributed by atoms with Crippen molar-refractivity contribution >= 4 is 23.6 Å². The van der Waals surface area contributed by atoms with Crippen molar-refractivity contribution in [2.24, 2.45) is 5.73 Å². The zero-order valence-electron chi connectivity index (χ0n) is 10.1. The molecule has 0 aliphatic carbocycles. The van der Waals surface area contributed by atoms with Gasteiger partial charge in [-0.3, -0.25) is 4.79 Å². The molecule has 0 saturated carbocycles. The highest BCUT2D eigenvalue weighted by Gasteiger charge is 2.34. The molecule has 0 aromatic heterocycles. The average molecular weight is 260 g/mol. The molecule has 1 amide bonds. The van der Waals surface area contributed by atoms with Crippen molar-refractivity contribution in [3.8, 4) is 0 Å². The van der Waals surface area contributed by atoms with Gasteiger partial charge in [-0.2, -0.15) is 11.8 Å². The first-order valence-corrected chi connectivity index (χ1v) is 7.10. The largest absolute Gasteiger partial charge is 0.480 e. The van der Waals surface area contributed by atoms with Crippen LogP contribution in [0.4, 0.5) is 0 Å². The van der Waals surface area contributed by atoms with E-state index in [-0.39, 0.29) is 5.91 Å². The number of aliphatic carboxylic acids is 1. The summed E-state index contributed by atoms with van der Waals surface area (Å²) in [5.41, 5.74) is 5.81. The smallest absolute Gasteiger partial charge is 0.327 e. The summed E-state index contributed by atoms with van der Waals surface area (Å²) in [6, 6.07) is -1.27. The number of carboxylic acids is 1. The Hall–Kier alpha value is -0.750. The Morgan fingerprint density at radius 2 is 2.29 bits per heavy atom. The van der Waals surface area contributed by atoms with Crippen LogP contribution in [0.3, 0.4) is 0 Å². The van der Waals surface area contributed by atoms with Gasteiger partial charge in [-0.05, 0) is 6.42 Å². The van der Waals surface area contributed by atoms with Gasteiger partial charge in [-0.15, -0.1) is 0 Å². The quantitative estimate of drug-likeness (QED) is 0.753. The van der Waals surface area contributed by atoms with Crippen LogP contribution >= 0.6 is 11.8 Å². The fourth-order valence-electron chi connectivity index (χ4n) is 1.83. The van der Waals surface area contributed by atoms with E-state index in [0.717, 1.165) is 18.6 Å². The van der Waals surface area contributed by atoms with E-state index in [1.165, 1.54) is 4.90 Å². The first kappa shape index (κ1) is 14.3. The number of thioether (sulfide) groups is 1. The number of amides is 1. The molecule has 0 aromatic carbocycles. The van der Waals surface area contributed by atoms with Gasteiger partial charge in [0.1, 0.15) is 6.04 Å². The fraction of sp³-hybridized carbons (Fsp3) is 0.818. The zero-order chi connectivity index (χ0) is 12.8. The average Bonchev–Trinajstić information content (AvgIpc) is 2.34. The van der Waals surface area contributed by atoms with Gasteiger partial charge in [0.25, 0.3) is 0 Å². The predicted octanol–water partition coefficient (Wildman–Crippen LogP) is 0.532. The number of unbranched alkanes of at least 4 members (excludes halogenated alkanes) is 1.